The molecular weight excluding hydrogens is 212 g/mol. The van der Waals surface area contributed by atoms with Crippen molar-refractivity contribution in [2.24, 2.45) is 0 Å². The van der Waals surface area contributed by atoms with Gasteiger partial charge >= 0.3 is 0 Å². The zero-order chi connectivity index (χ0) is 12.1. The van der Waals surface area contributed by atoms with E-state index in [2.05, 4.69) is 40.1 Å². The van der Waals surface area contributed by atoms with Crippen molar-refractivity contribution >= 4 is 5.95 Å². The van der Waals surface area contributed by atoms with Crippen molar-refractivity contribution in [1.29, 1.82) is 0 Å². The molecule has 96 valence electrons. The van der Waals surface area contributed by atoms with E-state index in [0.29, 0.717) is 6.04 Å². The molecule has 17 heavy (non-hydrogen) atoms. The highest BCUT2D eigenvalue weighted by Crippen LogP contribution is 2.21. The summed E-state index contributed by atoms with van der Waals surface area (Å²) in [5.41, 5.74) is 0. The number of imidazole rings is 1. The highest BCUT2D eigenvalue weighted by molar-refractivity contribution is 5.27. The second kappa shape index (κ2) is 6.05. The zero-order valence-electron chi connectivity index (χ0n) is 11.0. The molecule has 1 aromatic heterocycles. The van der Waals surface area contributed by atoms with Gasteiger partial charge in [0.05, 0.1) is 0 Å². The summed E-state index contributed by atoms with van der Waals surface area (Å²) in [6, 6.07) is 0.644. The van der Waals surface area contributed by atoms with Crippen LogP contribution in [0.1, 0.15) is 32.1 Å². The van der Waals surface area contributed by atoms with Crippen LogP contribution in [0.15, 0.2) is 12.4 Å². The Balaban J connectivity index is 1.83. The molecule has 1 saturated carbocycles. The van der Waals surface area contributed by atoms with E-state index in [4.69, 9.17) is 0 Å². The van der Waals surface area contributed by atoms with Crippen molar-refractivity contribution in [3.8, 4) is 0 Å². The van der Waals surface area contributed by atoms with Gasteiger partial charge in [0, 0.05) is 25.0 Å². The second-order valence-corrected chi connectivity index (χ2v) is 5.23. The molecular formula is C13H24N4. The first-order chi connectivity index (χ1) is 8.25. The summed E-state index contributed by atoms with van der Waals surface area (Å²) in [4.78, 5) is 6.64. The molecule has 1 N–H and O–H groups in total. The SMILES string of the molecule is CN(C)CCCn1ccnc1NC1CCCC1. The van der Waals surface area contributed by atoms with E-state index in [-0.39, 0.29) is 0 Å². The van der Waals surface area contributed by atoms with Crippen LogP contribution in [-0.2, 0) is 6.54 Å². The molecule has 0 spiro atoms. The zero-order valence-corrected chi connectivity index (χ0v) is 11.0. The maximum Gasteiger partial charge on any atom is 0.202 e. The van der Waals surface area contributed by atoms with Crippen LogP contribution in [-0.4, -0.2) is 41.1 Å². The number of hydrogen-bond donors (Lipinski definition) is 1. The average Bonchev–Trinajstić information content (AvgIpc) is 2.91. The van der Waals surface area contributed by atoms with Crippen LogP contribution in [0.4, 0.5) is 5.95 Å². The van der Waals surface area contributed by atoms with Crippen LogP contribution < -0.4 is 5.32 Å². The summed E-state index contributed by atoms with van der Waals surface area (Å²) in [7, 11) is 4.23. The first kappa shape index (κ1) is 12.4. The lowest BCUT2D eigenvalue weighted by Crippen LogP contribution is -2.19. The molecule has 0 aliphatic heterocycles. The number of hydrogen-bond acceptors (Lipinski definition) is 3. The van der Waals surface area contributed by atoms with E-state index < -0.39 is 0 Å². The maximum absolute atomic E-state index is 4.42. The largest absolute Gasteiger partial charge is 0.353 e. The van der Waals surface area contributed by atoms with Crippen molar-refractivity contribution in [3.63, 3.8) is 0 Å². The van der Waals surface area contributed by atoms with Gasteiger partial charge in [-0.05, 0) is 39.9 Å². The third kappa shape index (κ3) is 3.73. The Morgan fingerprint density at radius 3 is 2.88 bits per heavy atom. The van der Waals surface area contributed by atoms with E-state index in [9.17, 15) is 0 Å². The number of anilines is 1. The standard InChI is InChI=1S/C13H24N4/c1-16(2)9-5-10-17-11-8-14-13(17)15-12-6-3-4-7-12/h8,11-12H,3-7,9-10H2,1-2H3,(H,14,15). The maximum atomic E-state index is 4.42. The van der Waals surface area contributed by atoms with Crippen molar-refractivity contribution in [3.05, 3.63) is 12.4 Å². The average molecular weight is 236 g/mol. The molecule has 1 aliphatic carbocycles. The first-order valence-corrected chi connectivity index (χ1v) is 6.68. The van der Waals surface area contributed by atoms with Gasteiger partial charge in [-0.1, -0.05) is 12.8 Å². The minimum absolute atomic E-state index is 0.644. The van der Waals surface area contributed by atoms with Crippen LogP contribution in [0.5, 0.6) is 0 Å². The molecule has 0 saturated heterocycles. The predicted molar refractivity (Wildman–Crippen MR) is 71.3 cm³/mol. The smallest absolute Gasteiger partial charge is 0.202 e. The van der Waals surface area contributed by atoms with E-state index in [1.807, 2.05) is 6.20 Å². The molecule has 0 atom stereocenters. The summed E-state index contributed by atoms with van der Waals surface area (Å²) in [5.74, 6) is 1.05. The van der Waals surface area contributed by atoms with Gasteiger partial charge in [-0.15, -0.1) is 0 Å². The molecule has 1 fully saturated rings. The Labute approximate surface area is 104 Å². The number of nitrogens with zero attached hydrogens (tertiary/aromatic N) is 3. The molecule has 0 aromatic carbocycles. The van der Waals surface area contributed by atoms with E-state index in [1.54, 1.807) is 0 Å². The molecule has 4 heteroatoms. The minimum atomic E-state index is 0.644. The number of aromatic nitrogens is 2. The van der Waals surface area contributed by atoms with Crippen LogP contribution >= 0.6 is 0 Å². The first-order valence-electron chi connectivity index (χ1n) is 6.68. The van der Waals surface area contributed by atoms with Gasteiger partial charge in [0.1, 0.15) is 0 Å². The summed E-state index contributed by atoms with van der Waals surface area (Å²) >= 11 is 0. The lowest BCUT2D eigenvalue weighted by molar-refractivity contribution is 0.387. The van der Waals surface area contributed by atoms with Crippen molar-refractivity contribution in [1.82, 2.24) is 14.5 Å². The van der Waals surface area contributed by atoms with E-state index in [0.717, 1.165) is 19.0 Å². The Morgan fingerprint density at radius 1 is 1.41 bits per heavy atom. The highest BCUT2D eigenvalue weighted by atomic mass is 15.2. The molecule has 0 amide bonds. The lowest BCUT2D eigenvalue weighted by Gasteiger charge is -2.15. The van der Waals surface area contributed by atoms with E-state index >= 15 is 0 Å². The summed E-state index contributed by atoms with van der Waals surface area (Å²) < 4.78 is 2.24. The fraction of sp³-hybridized carbons (Fsp3) is 0.769. The molecule has 2 rings (SSSR count). The third-order valence-corrected chi connectivity index (χ3v) is 3.41. The van der Waals surface area contributed by atoms with Gasteiger partial charge < -0.3 is 14.8 Å². The Hall–Kier alpha value is -1.03. The predicted octanol–water partition coefficient (Wildman–Crippen LogP) is 2.19. The monoisotopic (exact) mass is 236 g/mol. The normalized spacial score (nSPS) is 16.9. The van der Waals surface area contributed by atoms with Crippen LogP contribution in [0.2, 0.25) is 0 Å². The van der Waals surface area contributed by atoms with Crippen LogP contribution in [0.3, 0.4) is 0 Å². The fourth-order valence-corrected chi connectivity index (χ4v) is 2.44. The second-order valence-electron chi connectivity index (χ2n) is 5.23. The Morgan fingerprint density at radius 2 is 2.18 bits per heavy atom. The summed E-state index contributed by atoms with van der Waals surface area (Å²) in [6.07, 6.45) is 10.5. The van der Waals surface area contributed by atoms with Crippen LogP contribution in [0, 0.1) is 0 Å². The summed E-state index contributed by atoms with van der Waals surface area (Å²) in [5, 5.41) is 3.57. The van der Waals surface area contributed by atoms with Gasteiger partial charge in [0.15, 0.2) is 0 Å². The topological polar surface area (TPSA) is 33.1 Å². The molecule has 1 heterocycles. The molecule has 0 unspecified atom stereocenters. The number of nitrogens with one attached hydrogen (secondary N) is 1. The molecule has 1 aromatic rings. The van der Waals surface area contributed by atoms with Crippen molar-refractivity contribution < 1.29 is 0 Å². The molecule has 1 aliphatic rings. The van der Waals surface area contributed by atoms with Gasteiger partial charge in [-0.2, -0.15) is 0 Å². The lowest BCUT2D eigenvalue weighted by atomic mass is 10.2. The number of rotatable bonds is 6. The Bertz CT molecular complexity index is 326. The highest BCUT2D eigenvalue weighted by Gasteiger charge is 2.16. The van der Waals surface area contributed by atoms with E-state index in [1.165, 1.54) is 32.1 Å². The Kier molecular flexibility index (Phi) is 4.42. The molecule has 0 radical (unpaired) electrons. The fourth-order valence-electron chi connectivity index (χ4n) is 2.44. The third-order valence-electron chi connectivity index (χ3n) is 3.41. The summed E-state index contributed by atoms with van der Waals surface area (Å²) in [6.45, 7) is 2.17. The quantitative estimate of drug-likeness (QED) is 0.822. The van der Waals surface area contributed by atoms with Gasteiger partial charge in [0.2, 0.25) is 5.95 Å². The van der Waals surface area contributed by atoms with Gasteiger partial charge in [-0.3, -0.25) is 0 Å². The molecule has 0 bridgehead atoms. The van der Waals surface area contributed by atoms with Gasteiger partial charge in [0.25, 0.3) is 0 Å². The molecule has 4 nitrogen and oxygen atoms in total. The van der Waals surface area contributed by atoms with Crippen molar-refractivity contribution in [2.45, 2.75) is 44.7 Å². The minimum Gasteiger partial charge on any atom is -0.353 e. The van der Waals surface area contributed by atoms with Crippen molar-refractivity contribution in [2.75, 3.05) is 26.0 Å². The number of aryl methyl sites for hydroxylation is 1. The van der Waals surface area contributed by atoms with Gasteiger partial charge in [-0.25, -0.2) is 4.98 Å². The van der Waals surface area contributed by atoms with Crippen LogP contribution in [0.25, 0.3) is 0 Å².